The summed E-state index contributed by atoms with van der Waals surface area (Å²) in [4.78, 5) is 27.5. The molecule has 0 saturated carbocycles. The molecule has 0 bridgehead atoms. The Hall–Kier alpha value is -2.42. The lowest BCUT2D eigenvalue weighted by Crippen LogP contribution is -2.53. The van der Waals surface area contributed by atoms with E-state index in [4.69, 9.17) is 11.6 Å². The van der Waals surface area contributed by atoms with Crippen molar-refractivity contribution < 1.29 is 18.0 Å². The lowest BCUT2D eigenvalue weighted by molar-refractivity contribution is -0.137. The highest BCUT2D eigenvalue weighted by molar-refractivity contribution is 7.89. The summed E-state index contributed by atoms with van der Waals surface area (Å²) >= 11 is 5.95. The summed E-state index contributed by atoms with van der Waals surface area (Å²) in [6.45, 7) is 4.70. The molecule has 1 fully saturated rings. The van der Waals surface area contributed by atoms with Gasteiger partial charge in [0.1, 0.15) is 6.04 Å². The average molecular weight is 478 g/mol. The summed E-state index contributed by atoms with van der Waals surface area (Å²) in [5.41, 5.74) is 0.698. The Morgan fingerprint density at radius 3 is 2.25 bits per heavy atom. The summed E-state index contributed by atoms with van der Waals surface area (Å²) in [5, 5.41) is 3.21. The highest BCUT2D eigenvalue weighted by Gasteiger charge is 2.33. The third kappa shape index (κ3) is 5.88. The second-order valence-electron chi connectivity index (χ2n) is 8.20. The number of carbonyl (C=O) groups is 2. The van der Waals surface area contributed by atoms with Crippen LogP contribution in [0.2, 0.25) is 5.02 Å². The molecule has 9 heteroatoms. The van der Waals surface area contributed by atoms with Gasteiger partial charge in [-0.05, 0) is 29.7 Å². The maximum absolute atomic E-state index is 13.3. The summed E-state index contributed by atoms with van der Waals surface area (Å²) in [6.07, 6.45) is 0.322. The molecule has 1 heterocycles. The van der Waals surface area contributed by atoms with E-state index >= 15 is 0 Å². The topological polar surface area (TPSA) is 86.8 Å². The Kier molecular flexibility index (Phi) is 7.92. The number of sulfonamides is 1. The fourth-order valence-electron chi connectivity index (χ4n) is 3.63. The van der Waals surface area contributed by atoms with Crippen LogP contribution in [-0.2, 0) is 19.6 Å². The predicted molar refractivity (Wildman–Crippen MR) is 124 cm³/mol. The molecule has 0 aliphatic carbocycles. The molecule has 0 aromatic heterocycles. The van der Waals surface area contributed by atoms with Gasteiger partial charge in [-0.15, -0.1) is 0 Å². The number of nitrogens with one attached hydrogen (secondary N) is 1. The molecule has 2 aromatic carbocycles. The molecular weight excluding hydrogens is 450 g/mol. The molecule has 0 radical (unpaired) electrons. The molecular formula is C23H28ClN3O4S. The molecule has 1 saturated heterocycles. The van der Waals surface area contributed by atoms with Gasteiger partial charge in [0, 0.05) is 37.6 Å². The first-order valence-electron chi connectivity index (χ1n) is 10.6. The van der Waals surface area contributed by atoms with E-state index in [0.717, 1.165) is 0 Å². The summed E-state index contributed by atoms with van der Waals surface area (Å²) < 4.78 is 27.2. The van der Waals surface area contributed by atoms with E-state index in [1.165, 1.54) is 16.4 Å². The van der Waals surface area contributed by atoms with Crippen LogP contribution < -0.4 is 5.32 Å². The molecule has 0 spiro atoms. The van der Waals surface area contributed by atoms with Crippen LogP contribution >= 0.6 is 11.6 Å². The smallest absolute Gasteiger partial charge is 0.249 e. The number of halogens is 1. The SMILES string of the molecule is CC(C)CC(=O)NC(C(=O)N1CCN(S(=O)(=O)c2cccc(Cl)c2)CC1)c1ccccc1. The van der Waals surface area contributed by atoms with Crippen LogP contribution in [0.5, 0.6) is 0 Å². The Labute approximate surface area is 194 Å². The number of rotatable bonds is 7. The Morgan fingerprint density at radius 1 is 1.00 bits per heavy atom. The molecule has 7 nitrogen and oxygen atoms in total. The van der Waals surface area contributed by atoms with Crippen molar-refractivity contribution >= 4 is 33.4 Å². The summed E-state index contributed by atoms with van der Waals surface area (Å²) in [5.74, 6) is -0.265. The largest absolute Gasteiger partial charge is 0.341 e. The van der Waals surface area contributed by atoms with Crippen molar-refractivity contribution in [2.75, 3.05) is 26.2 Å². The normalized spacial score (nSPS) is 16.1. The number of amides is 2. The fraction of sp³-hybridized carbons (Fsp3) is 0.391. The molecule has 2 aromatic rings. The van der Waals surface area contributed by atoms with Gasteiger partial charge >= 0.3 is 0 Å². The van der Waals surface area contributed by atoms with E-state index in [9.17, 15) is 18.0 Å². The minimum absolute atomic E-state index is 0.132. The predicted octanol–water partition coefficient (Wildman–Crippen LogP) is 3.08. The number of nitrogens with zero attached hydrogens (tertiary/aromatic N) is 2. The quantitative estimate of drug-likeness (QED) is 0.664. The molecule has 1 atom stereocenters. The second kappa shape index (κ2) is 10.5. The van der Waals surface area contributed by atoms with Crippen LogP contribution in [0, 0.1) is 5.92 Å². The third-order valence-electron chi connectivity index (χ3n) is 5.26. The van der Waals surface area contributed by atoms with E-state index in [2.05, 4.69) is 5.32 Å². The number of carbonyl (C=O) groups excluding carboxylic acids is 2. The van der Waals surface area contributed by atoms with E-state index < -0.39 is 16.1 Å². The van der Waals surface area contributed by atoms with Crippen LogP contribution in [0.3, 0.4) is 0 Å². The molecule has 1 unspecified atom stereocenters. The first-order valence-corrected chi connectivity index (χ1v) is 12.4. The number of piperazine rings is 1. The highest BCUT2D eigenvalue weighted by atomic mass is 35.5. The molecule has 172 valence electrons. The Bertz CT molecular complexity index is 1050. The Morgan fingerprint density at radius 2 is 1.66 bits per heavy atom. The standard InChI is InChI=1S/C23H28ClN3O4S/c1-17(2)15-21(28)25-22(18-7-4-3-5-8-18)23(29)26-11-13-27(14-12-26)32(30,31)20-10-6-9-19(24)16-20/h3-10,16-17,22H,11-15H2,1-2H3,(H,25,28). The van der Waals surface area contributed by atoms with Gasteiger partial charge in [-0.1, -0.05) is 61.8 Å². The van der Waals surface area contributed by atoms with Gasteiger partial charge in [0.05, 0.1) is 4.90 Å². The van der Waals surface area contributed by atoms with Gasteiger partial charge in [0.25, 0.3) is 0 Å². The summed E-state index contributed by atoms with van der Waals surface area (Å²) in [7, 11) is -3.70. The zero-order valence-corrected chi connectivity index (χ0v) is 19.8. The van der Waals surface area contributed by atoms with Crippen molar-refractivity contribution in [2.45, 2.75) is 31.2 Å². The van der Waals surface area contributed by atoms with Crippen molar-refractivity contribution in [3.8, 4) is 0 Å². The van der Waals surface area contributed by atoms with E-state index in [0.29, 0.717) is 17.0 Å². The third-order valence-corrected chi connectivity index (χ3v) is 7.39. The lowest BCUT2D eigenvalue weighted by Gasteiger charge is -2.36. The average Bonchev–Trinajstić information content (AvgIpc) is 2.77. The first kappa shape index (κ1) is 24.2. The monoisotopic (exact) mass is 477 g/mol. The molecule has 2 amide bonds. The fourth-order valence-corrected chi connectivity index (χ4v) is 5.36. The minimum Gasteiger partial charge on any atom is -0.341 e. The molecule has 32 heavy (non-hydrogen) atoms. The van der Waals surface area contributed by atoms with Crippen molar-refractivity contribution in [2.24, 2.45) is 5.92 Å². The number of hydrogen-bond donors (Lipinski definition) is 1. The second-order valence-corrected chi connectivity index (χ2v) is 10.6. The highest BCUT2D eigenvalue weighted by Crippen LogP contribution is 2.23. The van der Waals surface area contributed by atoms with Crippen molar-refractivity contribution in [3.05, 3.63) is 65.2 Å². The maximum Gasteiger partial charge on any atom is 0.249 e. The molecule has 3 rings (SSSR count). The van der Waals surface area contributed by atoms with Gasteiger partial charge in [0.2, 0.25) is 21.8 Å². The van der Waals surface area contributed by atoms with Crippen LogP contribution in [0.25, 0.3) is 0 Å². The van der Waals surface area contributed by atoms with Crippen molar-refractivity contribution in [1.82, 2.24) is 14.5 Å². The van der Waals surface area contributed by atoms with E-state index in [-0.39, 0.29) is 48.8 Å². The van der Waals surface area contributed by atoms with Gasteiger partial charge in [-0.3, -0.25) is 9.59 Å². The van der Waals surface area contributed by atoms with Gasteiger partial charge in [-0.2, -0.15) is 4.31 Å². The minimum atomic E-state index is -3.70. The zero-order valence-electron chi connectivity index (χ0n) is 18.2. The number of benzene rings is 2. The van der Waals surface area contributed by atoms with Crippen molar-refractivity contribution in [1.29, 1.82) is 0 Å². The zero-order chi connectivity index (χ0) is 23.3. The molecule has 1 aliphatic rings. The van der Waals surface area contributed by atoms with Crippen LogP contribution in [0.1, 0.15) is 31.9 Å². The van der Waals surface area contributed by atoms with Crippen LogP contribution in [0.15, 0.2) is 59.5 Å². The first-order chi connectivity index (χ1) is 15.2. The molecule has 1 N–H and O–H groups in total. The van der Waals surface area contributed by atoms with Crippen molar-refractivity contribution in [3.63, 3.8) is 0 Å². The van der Waals surface area contributed by atoms with E-state index in [1.807, 2.05) is 32.0 Å². The summed E-state index contributed by atoms with van der Waals surface area (Å²) in [6, 6.07) is 14.4. The van der Waals surface area contributed by atoms with Gasteiger partial charge < -0.3 is 10.2 Å². The van der Waals surface area contributed by atoms with Crippen LogP contribution in [-0.4, -0.2) is 55.6 Å². The Balaban J connectivity index is 1.72. The number of hydrogen-bond acceptors (Lipinski definition) is 4. The van der Waals surface area contributed by atoms with Gasteiger partial charge in [0.15, 0.2) is 0 Å². The van der Waals surface area contributed by atoms with Crippen LogP contribution in [0.4, 0.5) is 0 Å². The molecule has 1 aliphatic heterocycles. The van der Waals surface area contributed by atoms with Gasteiger partial charge in [-0.25, -0.2) is 8.42 Å². The maximum atomic E-state index is 13.3. The lowest BCUT2D eigenvalue weighted by atomic mass is 10.0. The van der Waals surface area contributed by atoms with E-state index in [1.54, 1.807) is 29.2 Å².